The molecular weight excluding hydrogens is 284 g/mol. The van der Waals surface area contributed by atoms with E-state index in [1.165, 1.54) is 0 Å². The molecule has 2 N–H and O–H groups in total. The molecule has 7 nitrogen and oxygen atoms in total. The van der Waals surface area contributed by atoms with E-state index < -0.39 is 5.60 Å². The monoisotopic (exact) mass is 302 g/mol. The first-order valence-corrected chi connectivity index (χ1v) is 7.03. The van der Waals surface area contributed by atoms with E-state index in [0.29, 0.717) is 18.8 Å². The van der Waals surface area contributed by atoms with Gasteiger partial charge in [-0.25, -0.2) is 4.98 Å². The van der Waals surface area contributed by atoms with Gasteiger partial charge < -0.3 is 19.9 Å². The van der Waals surface area contributed by atoms with Crippen molar-refractivity contribution < 1.29 is 14.4 Å². The Morgan fingerprint density at radius 3 is 3.05 bits per heavy atom. The van der Waals surface area contributed by atoms with E-state index in [0.717, 1.165) is 22.5 Å². The van der Waals surface area contributed by atoms with Crippen LogP contribution in [0.15, 0.2) is 23.4 Å². The van der Waals surface area contributed by atoms with E-state index in [9.17, 15) is 4.79 Å². The highest BCUT2D eigenvalue weighted by Crippen LogP contribution is 2.23. The molecule has 2 heterocycles. The number of H-pyrrole nitrogens is 1. The molecule has 1 aromatic heterocycles. The number of hydrogen-bond acceptors (Lipinski definition) is 5. The quantitative estimate of drug-likeness (QED) is 0.900. The summed E-state index contributed by atoms with van der Waals surface area (Å²) in [6, 6.07) is 5.58. The van der Waals surface area contributed by atoms with Crippen LogP contribution in [-0.4, -0.2) is 34.3 Å². The molecule has 3 rings (SSSR count). The molecule has 1 aliphatic heterocycles. The maximum Gasteiger partial charge on any atom is 0.267 e. The molecule has 22 heavy (non-hydrogen) atoms. The lowest BCUT2D eigenvalue weighted by molar-refractivity contribution is -0.141. The number of aromatic nitrogens is 2. The molecule has 1 aliphatic rings. The van der Waals surface area contributed by atoms with Crippen LogP contribution in [0, 0.1) is 0 Å². The summed E-state index contributed by atoms with van der Waals surface area (Å²) in [5.41, 5.74) is 1.58. The molecule has 0 saturated carbocycles. The third-order valence-corrected chi connectivity index (χ3v) is 3.63. The van der Waals surface area contributed by atoms with Crippen molar-refractivity contribution in [1.82, 2.24) is 15.3 Å². The Balaban J connectivity index is 1.67. The Morgan fingerprint density at radius 2 is 2.36 bits per heavy atom. The lowest BCUT2D eigenvalue weighted by atomic mass is 9.99. The minimum Gasteiger partial charge on any atom is -0.497 e. The lowest BCUT2D eigenvalue weighted by Crippen LogP contribution is -2.44. The smallest absolute Gasteiger partial charge is 0.267 e. The zero-order valence-corrected chi connectivity index (χ0v) is 12.8. The van der Waals surface area contributed by atoms with Gasteiger partial charge in [0.1, 0.15) is 11.6 Å². The maximum atomic E-state index is 12.2. The molecular formula is C15H18N4O3. The molecule has 1 amide bonds. The van der Waals surface area contributed by atoms with Gasteiger partial charge in [-0.1, -0.05) is 5.16 Å². The second-order valence-corrected chi connectivity index (χ2v) is 5.57. The topological polar surface area (TPSA) is 88.6 Å². The molecule has 7 heteroatoms. The summed E-state index contributed by atoms with van der Waals surface area (Å²) in [4.78, 5) is 25.0. The van der Waals surface area contributed by atoms with Crippen molar-refractivity contribution in [1.29, 1.82) is 0 Å². The van der Waals surface area contributed by atoms with Crippen LogP contribution >= 0.6 is 0 Å². The highest BCUT2D eigenvalue weighted by Gasteiger charge is 2.40. The summed E-state index contributed by atoms with van der Waals surface area (Å²) in [5.74, 6) is 1.23. The molecule has 0 fully saturated rings. The van der Waals surface area contributed by atoms with Crippen molar-refractivity contribution in [3.05, 3.63) is 24.0 Å². The summed E-state index contributed by atoms with van der Waals surface area (Å²) in [7, 11) is 1.62. The molecule has 1 aromatic carbocycles. The van der Waals surface area contributed by atoms with Gasteiger partial charge in [0.2, 0.25) is 5.60 Å². The van der Waals surface area contributed by atoms with E-state index in [-0.39, 0.29) is 5.91 Å². The standard InChI is InChI=1S/C15H18N4O3/c1-9-7-15(2,22-19-9)14(20)16-8-13-17-11-5-4-10(21-3)6-12(11)18-13/h4-6H,7-8H2,1-3H3,(H,16,20)(H,17,18)/t15-/m1/s1. The Bertz CT molecular complexity index is 752. The zero-order valence-electron chi connectivity index (χ0n) is 12.8. The summed E-state index contributed by atoms with van der Waals surface area (Å²) < 4.78 is 5.17. The first-order valence-electron chi connectivity index (χ1n) is 7.03. The molecule has 0 spiro atoms. The zero-order chi connectivity index (χ0) is 15.7. The number of amides is 1. The van der Waals surface area contributed by atoms with E-state index in [1.54, 1.807) is 14.0 Å². The van der Waals surface area contributed by atoms with Crippen molar-refractivity contribution in [3.8, 4) is 5.75 Å². The van der Waals surface area contributed by atoms with E-state index in [4.69, 9.17) is 9.57 Å². The van der Waals surface area contributed by atoms with Crippen LogP contribution in [0.4, 0.5) is 0 Å². The molecule has 0 unspecified atom stereocenters. The van der Waals surface area contributed by atoms with Crippen LogP contribution in [0.5, 0.6) is 5.75 Å². The number of ether oxygens (including phenoxy) is 1. The summed E-state index contributed by atoms with van der Waals surface area (Å²) in [6.07, 6.45) is 0.496. The Kier molecular flexibility index (Phi) is 3.48. The summed E-state index contributed by atoms with van der Waals surface area (Å²) in [6.45, 7) is 3.87. The van der Waals surface area contributed by atoms with Crippen LogP contribution in [0.1, 0.15) is 26.1 Å². The van der Waals surface area contributed by atoms with E-state index >= 15 is 0 Å². The number of imidazole rings is 1. The van der Waals surface area contributed by atoms with Gasteiger partial charge in [-0.05, 0) is 26.0 Å². The Labute approximate surface area is 127 Å². The van der Waals surface area contributed by atoms with E-state index in [2.05, 4.69) is 20.4 Å². The molecule has 0 aliphatic carbocycles. The average molecular weight is 302 g/mol. The number of rotatable bonds is 4. The summed E-state index contributed by atoms with van der Waals surface area (Å²) in [5, 5.41) is 6.67. The van der Waals surface area contributed by atoms with Gasteiger partial charge in [0.25, 0.3) is 5.91 Å². The van der Waals surface area contributed by atoms with Crippen LogP contribution in [0.2, 0.25) is 0 Å². The number of hydrogen-bond donors (Lipinski definition) is 2. The van der Waals surface area contributed by atoms with Gasteiger partial charge in [-0.3, -0.25) is 4.79 Å². The molecule has 2 aromatic rings. The Morgan fingerprint density at radius 1 is 1.55 bits per heavy atom. The number of oxime groups is 1. The van der Waals surface area contributed by atoms with E-state index in [1.807, 2.05) is 25.1 Å². The second-order valence-electron chi connectivity index (χ2n) is 5.57. The number of carbonyl (C=O) groups excluding carboxylic acids is 1. The van der Waals surface area contributed by atoms with Gasteiger partial charge in [-0.15, -0.1) is 0 Å². The minimum absolute atomic E-state index is 0.203. The van der Waals surface area contributed by atoms with Gasteiger partial charge in [0.05, 0.1) is 30.4 Å². The highest BCUT2D eigenvalue weighted by molar-refractivity contribution is 5.94. The first-order chi connectivity index (χ1) is 10.5. The van der Waals surface area contributed by atoms with Gasteiger partial charge in [-0.2, -0.15) is 0 Å². The van der Waals surface area contributed by atoms with Gasteiger partial charge in [0, 0.05) is 12.5 Å². The molecule has 116 valence electrons. The van der Waals surface area contributed by atoms with Crippen LogP contribution in [-0.2, 0) is 16.2 Å². The largest absolute Gasteiger partial charge is 0.497 e. The molecule has 1 atom stereocenters. The number of carbonyl (C=O) groups is 1. The highest BCUT2D eigenvalue weighted by atomic mass is 16.7. The third kappa shape index (κ3) is 2.61. The van der Waals surface area contributed by atoms with Crippen molar-refractivity contribution in [2.75, 3.05) is 7.11 Å². The van der Waals surface area contributed by atoms with Crippen LogP contribution in [0.25, 0.3) is 11.0 Å². The van der Waals surface area contributed by atoms with Crippen LogP contribution < -0.4 is 10.1 Å². The lowest BCUT2D eigenvalue weighted by Gasteiger charge is -2.19. The van der Waals surface area contributed by atoms with Crippen molar-refractivity contribution in [3.63, 3.8) is 0 Å². The number of methoxy groups -OCH3 is 1. The number of nitrogens with one attached hydrogen (secondary N) is 2. The van der Waals surface area contributed by atoms with Crippen molar-refractivity contribution in [2.45, 2.75) is 32.4 Å². The third-order valence-electron chi connectivity index (χ3n) is 3.63. The predicted octanol–water partition coefficient (Wildman–Crippen LogP) is 1.74. The second kappa shape index (κ2) is 5.32. The SMILES string of the molecule is COc1ccc2nc(CNC(=O)[C@@]3(C)CC(C)=NO3)[nH]c2c1. The molecule has 0 bridgehead atoms. The fourth-order valence-electron chi connectivity index (χ4n) is 2.46. The van der Waals surface area contributed by atoms with Crippen LogP contribution in [0.3, 0.4) is 0 Å². The minimum atomic E-state index is -0.931. The molecule has 0 radical (unpaired) electrons. The van der Waals surface area contributed by atoms with Crippen molar-refractivity contribution in [2.24, 2.45) is 5.16 Å². The average Bonchev–Trinajstić information content (AvgIpc) is 3.07. The van der Waals surface area contributed by atoms with Gasteiger partial charge >= 0.3 is 0 Å². The first kappa shape index (κ1) is 14.4. The number of benzene rings is 1. The van der Waals surface area contributed by atoms with Crippen molar-refractivity contribution >= 4 is 22.7 Å². The fourth-order valence-corrected chi connectivity index (χ4v) is 2.46. The number of fused-ring (bicyclic) bond motifs is 1. The number of nitrogens with zero attached hydrogens (tertiary/aromatic N) is 2. The molecule has 0 saturated heterocycles. The Hall–Kier alpha value is -2.57. The number of aromatic amines is 1. The normalized spacial score (nSPS) is 20.6. The van der Waals surface area contributed by atoms with Gasteiger partial charge in [0.15, 0.2) is 0 Å². The summed E-state index contributed by atoms with van der Waals surface area (Å²) >= 11 is 0. The predicted molar refractivity (Wildman–Crippen MR) is 81.7 cm³/mol. The maximum absolute atomic E-state index is 12.2. The fraction of sp³-hybridized carbons (Fsp3) is 0.400.